The summed E-state index contributed by atoms with van der Waals surface area (Å²) in [6, 6.07) is 14.3. The van der Waals surface area contributed by atoms with Crippen LogP contribution in [0.25, 0.3) is 0 Å². The van der Waals surface area contributed by atoms with Crippen molar-refractivity contribution >= 4 is 5.91 Å². The van der Waals surface area contributed by atoms with E-state index in [-0.39, 0.29) is 11.9 Å². The molecular weight excluding hydrogens is 338 g/mol. The lowest BCUT2D eigenvalue weighted by Gasteiger charge is -2.37. The van der Waals surface area contributed by atoms with Crippen molar-refractivity contribution in [2.24, 2.45) is 0 Å². The fraction of sp³-hybridized carbons (Fsp3) is 0.364. The second kappa shape index (κ2) is 6.72. The zero-order valence-electron chi connectivity index (χ0n) is 15.3. The van der Waals surface area contributed by atoms with E-state index >= 15 is 0 Å². The first-order valence-corrected chi connectivity index (χ1v) is 9.77. The van der Waals surface area contributed by atoms with E-state index in [1.807, 2.05) is 29.2 Å². The molecule has 0 spiro atoms. The average Bonchev–Trinajstić information content (AvgIpc) is 3.48. The zero-order valence-corrected chi connectivity index (χ0v) is 15.3. The summed E-state index contributed by atoms with van der Waals surface area (Å²) in [4.78, 5) is 19.8. The molecule has 0 bridgehead atoms. The minimum atomic E-state index is -0.103. The summed E-state index contributed by atoms with van der Waals surface area (Å²) in [5.74, 6) is 1.05. The van der Waals surface area contributed by atoms with E-state index in [1.54, 1.807) is 6.26 Å². The Kier molecular flexibility index (Phi) is 4.07. The molecule has 1 unspecified atom stereocenters. The van der Waals surface area contributed by atoms with Crippen LogP contribution in [0.5, 0.6) is 0 Å². The van der Waals surface area contributed by atoms with Crippen molar-refractivity contribution in [3.8, 4) is 0 Å². The minimum absolute atomic E-state index is 0.0516. The van der Waals surface area contributed by atoms with Crippen LogP contribution in [0.3, 0.4) is 0 Å². The number of nitrogens with zero attached hydrogens (tertiary/aromatic N) is 3. The second-order valence-electron chi connectivity index (χ2n) is 7.49. The lowest BCUT2D eigenvalue weighted by molar-refractivity contribution is 0.0658. The van der Waals surface area contributed by atoms with Gasteiger partial charge in [-0.15, -0.1) is 0 Å². The highest BCUT2D eigenvalue weighted by molar-refractivity contribution is 5.92. The number of hydrogen-bond donors (Lipinski definition) is 0. The van der Waals surface area contributed by atoms with Gasteiger partial charge < -0.3 is 13.9 Å². The maximum absolute atomic E-state index is 13.3. The van der Waals surface area contributed by atoms with Crippen molar-refractivity contribution in [3.63, 3.8) is 0 Å². The molecule has 1 amide bonds. The third-order valence-electron chi connectivity index (χ3n) is 5.86. The molecule has 3 aromatic rings. The summed E-state index contributed by atoms with van der Waals surface area (Å²) < 4.78 is 7.92. The van der Waals surface area contributed by atoms with Crippen LogP contribution in [-0.2, 0) is 6.54 Å². The van der Waals surface area contributed by atoms with Crippen LogP contribution in [0.2, 0.25) is 0 Å². The quantitative estimate of drug-likeness (QED) is 0.696. The molecule has 27 heavy (non-hydrogen) atoms. The lowest BCUT2D eigenvalue weighted by Crippen LogP contribution is -2.42. The van der Waals surface area contributed by atoms with E-state index in [0.717, 1.165) is 36.5 Å². The summed E-state index contributed by atoms with van der Waals surface area (Å²) in [6.45, 7) is 1.45. The lowest BCUT2D eigenvalue weighted by atomic mass is 9.99. The Labute approximate surface area is 158 Å². The molecule has 1 fully saturated rings. The van der Waals surface area contributed by atoms with Gasteiger partial charge in [-0.3, -0.25) is 4.79 Å². The maximum Gasteiger partial charge on any atom is 0.276 e. The molecule has 0 saturated heterocycles. The minimum Gasteiger partial charge on any atom is -0.448 e. The van der Waals surface area contributed by atoms with Crippen molar-refractivity contribution in [1.29, 1.82) is 0 Å². The molecule has 3 heterocycles. The molecule has 1 saturated carbocycles. The topological polar surface area (TPSA) is 51.3 Å². The van der Waals surface area contributed by atoms with Gasteiger partial charge in [0.2, 0.25) is 0 Å². The van der Waals surface area contributed by atoms with Gasteiger partial charge in [-0.2, -0.15) is 0 Å². The molecule has 0 N–H and O–H groups in total. The van der Waals surface area contributed by atoms with Crippen molar-refractivity contribution in [3.05, 3.63) is 77.8 Å². The van der Waals surface area contributed by atoms with E-state index in [1.165, 1.54) is 12.8 Å². The van der Waals surface area contributed by atoms with Gasteiger partial charge in [-0.1, -0.05) is 43.2 Å². The Morgan fingerprint density at radius 3 is 2.67 bits per heavy atom. The number of oxazole rings is 1. The van der Waals surface area contributed by atoms with E-state index in [2.05, 4.69) is 33.9 Å². The number of rotatable bonds is 3. The Morgan fingerprint density at radius 1 is 1.04 bits per heavy atom. The van der Waals surface area contributed by atoms with E-state index in [4.69, 9.17) is 4.42 Å². The maximum atomic E-state index is 13.3. The highest BCUT2D eigenvalue weighted by Crippen LogP contribution is 2.35. The summed E-state index contributed by atoms with van der Waals surface area (Å²) in [5.41, 5.74) is 2.68. The summed E-state index contributed by atoms with van der Waals surface area (Å²) in [5, 5.41) is 0. The predicted octanol–water partition coefficient (Wildman–Crippen LogP) is 4.38. The molecule has 1 atom stereocenters. The third-order valence-corrected chi connectivity index (χ3v) is 5.86. The predicted molar refractivity (Wildman–Crippen MR) is 101 cm³/mol. The fourth-order valence-corrected chi connectivity index (χ4v) is 4.48. The average molecular weight is 361 g/mol. The van der Waals surface area contributed by atoms with Gasteiger partial charge >= 0.3 is 0 Å². The standard InChI is InChI=1S/C22H23N3O2/c26-22(18-15-27-21(23-18)17-9-4-5-10-17)25-14-13-24-12-6-11-19(24)20(25)16-7-2-1-3-8-16/h1-3,6-8,11-12,15,17,20H,4-5,9-10,13-14H2. The number of carbonyl (C=O) groups is 1. The van der Waals surface area contributed by atoms with Crippen molar-refractivity contribution in [1.82, 2.24) is 14.5 Å². The van der Waals surface area contributed by atoms with Crippen LogP contribution < -0.4 is 0 Å². The molecule has 1 aliphatic carbocycles. The molecular formula is C22H23N3O2. The fourth-order valence-electron chi connectivity index (χ4n) is 4.48. The Bertz CT molecular complexity index is 937. The number of carbonyl (C=O) groups excluding carboxylic acids is 1. The summed E-state index contributed by atoms with van der Waals surface area (Å²) in [7, 11) is 0. The smallest absolute Gasteiger partial charge is 0.276 e. The van der Waals surface area contributed by atoms with Gasteiger partial charge in [0.1, 0.15) is 6.26 Å². The van der Waals surface area contributed by atoms with Crippen LogP contribution in [0, 0.1) is 0 Å². The highest BCUT2D eigenvalue weighted by Gasteiger charge is 2.34. The zero-order chi connectivity index (χ0) is 18.2. The van der Waals surface area contributed by atoms with E-state index in [9.17, 15) is 4.79 Å². The van der Waals surface area contributed by atoms with Crippen LogP contribution in [-0.4, -0.2) is 26.9 Å². The van der Waals surface area contributed by atoms with Gasteiger partial charge in [-0.05, 0) is 30.5 Å². The summed E-state index contributed by atoms with van der Waals surface area (Å²) in [6.07, 6.45) is 8.29. The molecule has 2 aliphatic rings. The van der Waals surface area contributed by atoms with Crippen LogP contribution in [0.4, 0.5) is 0 Å². The molecule has 138 valence electrons. The Balaban J connectivity index is 1.48. The molecule has 5 nitrogen and oxygen atoms in total. The first-order valence-electron chi connectivity index (χ1n) is 9.77. The highest BCUT2D eigenvalue weighted by atomic mass is 16.3. The number of hydrogen-bond acceptors (Lipinski definition) is 3. The SMILES string of the molecule is O=C(c1coc(C2CCCC2)n1)N1CCn2cccc2C1c1ccccc1. The van der Waals surface area contributed by atoms with E-state index in [0.29, 0.717) is 18.2 Å². The van der Waals surface area contributed by atoms with Crippen molar-refractivity contribution in [2.75, 3.05) is 6.54 Å². The van der Waals surface area contributed by atoms with Gasteiger partial charge in [0.25, 0.3) is 5.91 Å². The van der Waals surface area contributed by atoms with Crippen molar-refractivity contribution < 1.29 is 9.21 Å². The van der Waals surface area contributed by atoms with Gasteiger partial charge in [-0.25, -0.2) is 4.98 Å². The molecule has 5 rings (SSSR count). The largest absolute Gasteiger partial charge is 0.448 e. The van der Waals surface area contributed by atoms with E-state index < -0.39 is 0 Å². The van der Waals surface area contributed by atoms with Gasteiger partial charge in [0.05, 0.1) is 6.04 Å². The second-order valence-corrected chi connectivity index (χ2v) is 7.49. The monoisotopic (exact) mass is 361 g/mol. The molecule has 1 aromatic carbocycles. The molecule has 5 heteroatoms. The Morgan fingerprint density at radius 2 is 1.85 bits per heavy atom. The number of amides is 1. The van der Waals surface area contributed by atoms with Gasteiger partial charge in [0, 0.05) is 30.9 Å². The van der Waals surface area contributed by atoms with Gasteiger partial charge in [0.15, 0.2) is 11.6 Å². The Hall–Kier alpha value is -2.82. The first-order chi connectivity index (χ1) is 13.3. The van der Waals surface area contributed by atoms with Crippen LogP contribution >= 0.6 is 0 Å². The number of fused-ring (bicyclic) bond motifs is 1. The number of aromatic nitrogens is 2. The van der Waals surface area contributed by atoms with Crippen LogP contribution in [0.1, 0.15) is 65.3 Å². The normalized spacial score (nSPS) is 20.0. The van der Waals surface area contributed by atoms with Crippen molar-refractivity contribution in [2.45, 2.75) is 44.2 Å². The number of benzene rings is 1. The van der Waals surface area contributed by atoms with Crippen LogP contribution in [0.15, 0.2) is 59.3 Å². The molecule has 2 aromatic heterocycles. The summed E-state index contributed by atoms with van der Waals surface area (Å²) >= 11 is 0. The molecule has 1 aliphatic heterocycles. The molecule has 0 radical (unpaired) electrons. The third kappa shape index (κ3) is 2.87. The first kappa shape index (κ1) is 16.4.